The summed E-state index contributed by atoms with van der Waals surface area (Å²) in [7, 11) is 0. The average Bonchev–Trinajstić information content (AvgIpc) is 2.77. The first-order chi connectivity index (χ1) is 9.73. The Hall–Kier alpha value is -2.63. The van der Waals surface area contributed by atoms with Crippen LogP contribution in [0.2, 0.25) is 0 Å². The maximum absolute atomic E-state index is 11.2. The maximum Gasteiger partial charge on any atom is 0.337 e. The number of aromatic nitrogens is 1. The monoisotopic (exact) mass is 288 g/mol. The third-order valence-corrected chi connectivity index (χ3v) is 3.59. The molecule has 0 saturated carbocycles. The lowest BCUT2D eigenvalue weighted by Gasteiger charge is -1.99. The molecule has 1 aromatic rings. The highest BCUT2D eigenvalue weighted by Crippen LogP contribution is 2.28. The van der Waals surface area contributed by atoms with Crippen LogP contribution in [0.15, 0.2) is 21.8 Å². The van der Waals surface area contributed by atoms with Crippen molar-refractivity contribution < 1.29 is 19.8 Å². The summed E-state index contributed by atoms with van der Waals surface area (Å²) >= 11 is 0. The predicted octanol–water partition coefficient (Wildman–Crippen LogP) is 2.55. The van der Waals surface area contributed by atoms with Gasteiger partial charge in [0.25, 0.3) is 0 Å². The van der Waals surface area contributed by atoms with Gasteiger partial charge in [-0.1, -0.05) is 0 Å². The second kappa shape index (κ2) is 5.05. The zero-order valence-corrected chi connectivity index (χ0v) is 12.2. The van der Waals surface area contributed by atoms with Gasteiger partial charge in [0.2, 0.25) is 0 Å². The molecule has 2 heterocycles. The molecule has 110 valence electrons. The number of H-pyrrole nitrogens is 1. The van der Waals surface area contributed by atoms with Crippen molar-refractivity contribution in [1.29, 1.82) is 0 Å². The van der Waals surface area contributed by atoms with Gasteiger partial charge in [-0.25, -0.2) is 9.59 Å². The number of nitrogens with one attached hydrogen (secondary N) is 1. The molecule has 0 fully saturated rings. The van der Waals surface area contributed by atoms with Crippen LogP contribution in [-0.2, 0) is 4.79 Å². The molecular weight excluding hydrogens is 272 g/mol. The normalized spacial score (nSPS) is 16.6. The number of rotatable bonds is 3. The number of aromatic carboxylic acids is 1. The number of aryl methyl sites for hydroxylation is 1. The molecule has 2 rings (SSSR count). The van der Waals surface area contributed by atoms with Crippen LogP contribution in [0.4, 0.5) is 0 Å². The van der Waals surface area contributed by atoms with Gasteiger partial charge in [-0.05, 0) is 44.9 Å². The molecule has 0 spiro atoms. The maximum atomic E-state index is 11.2. The summed E-state index contributed by atoms with van der Waals surface area (Å²) in [4.78, 5) is 29.6. The molecule has 0 bridgehead atoms. The van der Waals surface area contributed by atoms with Crippen LogP contribution in [-0.4, -0.2) is 32.8 Å². The van der Waals surface area contributed by atoms with E-state index in [1.807, 2.05) is 0 Å². The van der Waals surface area contributed by atoms with Crippen LogP contribution in [0.3, 0.4) is 0 Å². The third-order valence-electron chi connectivity index (χ3n) is 3.59. The summed E-state index contributed by atoms with van der Waals surface area (Å²) in [6.07, 6.45) is 1.68. The van der Waals surface area contributed by atoms with Gasteiger partial charge >= 0.3 is 11.9 Å². The standard InChI is InChI=1S/C15H16N2O4/c1-6-10(16-8(3)12(6)14(18)19)5-11-7(2)13(15(20)21)9(4)17-11/h5,16H,1-4H3,(H,18,19)(H,20,21)/b11-5-. The smallest absolute Gasteiger partial charge is 0.337 e. The first-order valence-electron chi connectivity index (χ1n) is 6.38. The minimum absolute atomic E-state index is 0.195. The van der Waals surface area contributed by atoms with Gasteiger partial charge < -0.3 is 15.2 Å². The Bertz CT molecular complexity index is 748. The summed E-state index contributed by atoms with van der Waals surface area (Å²) in [5, 5.41) is 18.3. The Balaban J connectivity index is 2.55. The Kier molecular flexibility index (Phi) is 3.55. The van der Waals surface area contributed by atoms with Gasteiger partial charge in [0.05, 0.1) is 22.5 Å². The van der Waals surface area contributed by atoms with Gasteiger partial charge in [-0.3, -0.25) is 4.99 Å². The first kappa shape index (κ1) is 14.8. The minimum atomic E-state index is -1.01. The van der Waals surface area contributed by atoms with Gasteiger partial charge in [0, 0.05) is 11.4 Å². The lowest BCUT2D eigenvalue weighted by Crippen LogP contribution is -2.07. The molecule has 0 saturated heterocycles. The van der Waals surface area contributed by atoms with Crippen molar-refractivity contribution in [3.05, 3.63) is 39.4 Å². The molecule has 0 unspecified atom stereocenters. The van der Waals surface area contributed by atoms with Gasteiger partial charge in [0.1, 0.15) is 0 Å². The summed E-state index contributed by atoms with van der Waals surface area (Å²) < 4.78 is 0. The van der Waals surface area contributed by atoms with Crippen LogP contribution < -0.4 is 0 Å². The van der Waals surface area contributed by atoms with Crippen LogP contribution in [0.25, 0.3) is 6.08 Å². The third kappa shape index (κ3) is 2.40. The van der Waals surface area contributed by atoms with E-state index in [2.05, 4.69) is 9.98 Å². The summed E-state index contributed by atoms with van der Waals surface area (Å²) in [6, 6.07) is 0. The van der Waals surface area contributed by atoms with Gasteiger partial charge in [0.15, 0.2) is 0 Å². The molecule has 0 radical (unpaired) electrons. The molecule has 0 amide bonds. The summed E-state index contributed by atoms with van der Waals surface area (Å²) in [6.45, 7) is 6.73. The van der Waals surface area contributed by atoms with Crippen molar-refractivity contribution in [2.45, 2.75) is 27.7 Å². The highest BCUT2D eigenvalue weighted by atomic mass is 16.4. The quantitative estimate of drug-likeness (QED) is 0.795. The predicted molar refractivity (Wildman–Crippen MR) is 78.6 cm³/mol. The Morgan fingerprint density at radius 3 is 2.14 bits per heavy atom. The van der Waals surface area contributed by atoms with E-state index in [0.717, 1.165) is 0 Å². The number of carbonyl (C=O) groups is 2. The SMILES string of the molecule is CC1=N/C(=C\c2[nH]c(C)c(C(=O)O)c2C)C(C)=C1C(=O)O. The molecule has 1 aliphatic heterocycles. The lowest BCUT2D eigenvalue weighted by atomic mass is 10.1. The molecule has 0 atom stereocenters. The number of hydrogen-bond donors (Lipinski definition) is 3. The fraction of sp³-hybridized carbons (Fsp3) is 0.267. The minimum Gasteiger partial charge on any atom is -0.478 e. The van der Waals surface area contributed by atoms with Crippen molar-refractivity contribution in [3.8, 4) is 0 Å². The number of aliphatic imine (C=N–C) groups is 1. The largest absolute Gasteiger partial charge is 0.478 e. The second-order valence-corrected chi connectivity index (χ2v) is 5.00. The molecule has 1 aromatic heterocycles. The van der Waals surface area contributed by atoms with Crippen LogP contribution in [0.1, 0.15) is 41.2 Å². The van der Waals surface area contributed by atoms with E-state index >= 15 is 0 Å². The van der Waals surface area contributed by atoms with E-state index in [4.69, 9.17) is 5.11 Å². The van der Waals surface area contributed by atoms with Crippen LogP contribution >= 0.6 is 0 Å². The second-order valence-electron chi connectivity index (χ2n) is 5.00. The highest BCUT2D eigenvalue weighted by Gasteiger charge is 2.24. The van der Waals surface area contributed by atoms with Crippen LogP contribution in [0.5, 0.6) is 0 Å². The van der Waals surface area contributed by atoms with E-state index in [9.17, 15) is 14.7 Å². The lowest BCUT2D eigenvalue weighted by molar-refractivity contribution is -0.132. The fourth-order valence-corrected chi connectivity index (χ4v) is 2.55. The number of hydrogen-bond acceptors (Lipinski definition) is 3. The molecule has 0 aliphatic carbocycles. The highest BCUT2D eigenvalue weighted by molar-refractivity contribution is 6.21. The zero-order chi connectivity index (χ0) is 15.9. The Morgan fingerprint density at radius 2 is 1.71 bits per heavy atom. The Labute approximate surface area is 121 Å². The van der Waals surface area contributed by atoms with E-state index in [-0.39, 0.29) is 11.1 Å². The summed E-state index contributed by atoms with van der Waals surface area (Å²) in [5.74, 6) is -2.00. The molecule has 0 aromatic carbocycles. The van der Waals surface area contributed by atoms with Crippen molar-refractivity contribution in [1.82, 2.24) is 4.98 Å². The van der Waals surface area contributed by atoms with Crippen molar-refractivity contribution >= 4 is 23.7 Å². The van der Waals surface area contributed by atoms with Crippen molar-refractivity contribution in [2.24, 2.45) is 4.99 Å². The topological polar surface area (TPSA) is 103 Å². The van der Waals surface area contributed by atoms with Gasteiger partial charge in [-0.15, -0.1) is 0 Å². The van der Waals surface area contributed by atoms with Crippen LogP contribution in [0, 0.1) is 13.8 Å². The summed E-state index contributed by atoms with van der Waals surface area (Å²) in [5.41, 5.74) is 3.78. The molecule has 21 heavy (non-hydrogen) atoms. The molecule has 6 heteroatoms. The number of aliphatic carboxylic acids is 1. The van der Waals surface area contributed by atoms with Crippen molar-refractivity contribution in [3.63, 3.8) is 0 Å². The number of carboxylic acids is 2. The van der Waals surface area contributed by atoms with E-state index in [1.165, 1.54) is 0 Å². The van der Waals surface area contributed by atoms with E-state index in [0.29, 0.717) is 33.9 Å². The number of carboxylic acid groups (broad SMARTS) is 2. The zero-order valence-electron chi connectivity index (χ0n) is 12.2. The molecule has 6 nitrogen and oxygen atoms in total. The molecule has 3 N–H and O–H groups in total. The molecular formula is C15H16N2O4. The van der Waals surface area contributed by atoms with E-state index in [1.54, 1.807) is 33.8 Å². The average molecular weight is 288 g/mol. The number of aromatic amines is 1. The number of nitrogens with zero attached hydrogens (tertiary/aromatic N) is 1. The Morgan fingerprint density at radius 1 is 1.10 bits per heavy atom. The first-order valence-corrected chi connectivity index (χ1v) is 6.38. The number of allylic oxidation sites excluding steroid dienone is 1. The van der Waals surface area contributed by atoms with E-state index < -0.39 is 11.9 Å². The molecule has 1 aliphatic rings. The van der Waals surface area contributed by atoms with Gasteiger partial charge in [-0.2, -0.15) is 0 Å². The fourth-order valence-electron chi connectivity index (χ4n) is 2.55. The van der Waals surface area contributed by atoms with Crippen molar-refractivity contribution in [2.75, 3.05) is 0 Å².